The van der Waals surface area contributed by atoms with E-state index in [0.29, 0.717) is 0 Å². The van der Waals surface area contributed by atoms with E-state index in [1.165, 1.54) is 0 Å². The quantitative estimate of drug-likeness (QED) is 0.0770. The van der Waals surface area contributed by atoms with Gasteiger partial charge in [-0.15, -0.1) is 0 Å². The Hall–Kier alpha value is -6.12. The van der Waals surface area contributed by atoms with E-state index < -0.39 is 71.4 Å². The van der Waals surface area contributed by atoms with Crippen LogP contribution in [-0.2, 0) is 60.6 Å². The Bertz CT molecular complexity index is 1840. The van der Waals surface area contributed by atoms with Gasteiger partial charge in [0, 0.05) is 18.4 Å². The fourth-order valence-corrected chi connectivity index (χ4v) is 6.75. The molecule has 4 amide bonds. The maximum absolute atomic E-state index is 13.9. The predicted octanol–water partition coefficient (Wildman–Crippen LogP) is 4.69. The summed E-state index contributed by atoms with van der Waals surface area (Å²) in [4.78, 5) is 79.9. The first-order valence-electron chi connectivity index (χ1n) is 20.9. The van der Waals surface area contributed by atoms with E-state index in [0.717, 1.165) is 28.8 Å². The summed E-state index contributed by atoms with van der Waals surface area (Å²) in [6.45, 7) is 13.8. The lowest BCUT2D eigenvalue weighted by Crippen LogP contribution is -2.54. The molecule has 0 unspecified atom stereocenters. The highest BCUT2D eigenvalue weighted by Gasteiger charge is 2.42. The first-order chi connectivity index (χ1) is 29.7. The van der Waals surface area contributed by atoms with Gasteiger partial charge in [-0.25, -0.2) is 9.59 Å². The molecule has 62 heavy (non-hydrogen) atoms. The summed E-state index contributed by atoms with van der Waals surface area (Å²) >= 11 is 0. The highest BCUT2D eigenvalue weighted by molar-refractivity contribution is 5.95. The summed E-state index contributed by atoms with van der Waals surface area (Å²) in [5, 5.41) is 10.9. The zero-order valence-corrected chi connectivity index (χ0v) is 36.0. The molecule has 4 rings (SSSR count). The fourth-order valence-electron chi connectivity index (χ4n) is 6.75. The normalized spacial score (nSPS) is 15.5. The maximum atomic E-state index is 13.9. The van der Waals surface area contributed by atoms with Crippen LogP contribution in [0.4, 0.5) is 0 Å². The third-order valence-electron chi connectivity index (χ3n) is 10.0. The summed E-state index contributed by atoms with van der Waals surface area (Å²) in [7, 11) is 0. The minimum atomic E-state index is -1.20. The van der Waals surface area contributed by atoms with Crippen LogP contribution in [0.2, 0.25) is 0 Å². The number of esters is 2. The van der Waals surface area contributed by atoms with Gasteiger partial charge in [-0.2, -0.15) is 0 Å². The number of amides is 4. The number of carbonyl (C=O) groups excluding carboxylic acids is 6. The summed E-state index contributed by atoms with van der Waals surface area (Å²) < 4.78 is 24.2. The maximum Gasteiger partial charge on any atom is 0.328 e. The third kappa shape index (κ3) is 15.7. The monoisotopic (exact) mass is 852 g/mol. The SMILES string of the molecule is C=CC(=O)N[C@@H](Cc1ccccc1)C(=O)N[C@@H](CC(C)C)C(=O)OCC1(COC(=O)[C@H](CC(C)C)NC(=O)[C@H](Cc2ccccc2)NC(=O)C=C)COC(c2ccccc2)OC1. The van der Waals surface area contributed by atoms with Crippen LogP contribution in [0.3, 0.4) is 0 Å². The van der Waals surface area contributed by atoms with E-state index in [1.807, 2.05) is 119 Å². The minimum Gasteiger partial charge on any atom is -0.463 e. The molecule has 0 aliphatic carbocycles. The van der Waals surface area contributed by atoms with Crippen LogP contribution in [0, 0.1) is 17.3 Å². The van der Waals surface area contributed by atoms with Crippen molar-refractivity contribution < 1.29 is 47.7 Å². The van der Waals surface area contributed by atoms with Gasteiger partial charge in [0.15, 0.2) is 6.29 Å². The molecule has 1 fully saturated rings. The van der Waals surface area contributed by atoms with E-state index in [1.54, 1.807) is 0 Å². The minimum absolute atomic E-state index is 0.0448. The zero-order valence-electron chi connectivity index (χ0n) is 36.0. The number of nitrogens with one attached hydrogen (secondary N) is 4. The molecule has 14 heteroatoms. The van der Waals surface area contributed by atoms with E-state index in [-0.39, 0.29) is 63.9 Å². The van der Waals surface area contributed by atoms with E-state index in [9.17, 15) is 28.8 Å². The van der Waals surface area contributed by atoms with Crippen molar-refractivity contribution in [2.45, 2.75) is 83.8 Å². The van der Waals surface area contributed by atoms with E-state index >= 15 is 0 Å². The molecular formula is C48H60N4O10. The lowest BCUT2D eigenvalue weighted by Gasteiger charge is -2.39. The van der Waals surface area contributed by atoms with Crippen LogP contribution < -0.4 is 21.3 Å². The number of hydrogen-bond acceptors (Lipinski definition) is 10. The van der Waals surface area contributed by atoms with Crippen LogP contribution in [0.25, 0.3) is 0 Å². The molecule has 332 valence electrons. The largest absolute Gasteiger partial charge is 0.463 e. The average molecular weight is 853 g/mol. The summed E-state index contributed by atoms with van der Waals surface area (Å²) in [6, 6.07) is 23.3. The smallest absolute Gasteiger partial charge is 0.328 e. The van der Waals surface area contributed by atoms with Crippen molar-refractivity contribution in [2.24, 2.45) is 17.3 Å². The van der Waals surface area contributed by atoms with Crippen LogP contribution in [0.1, 0.15) is 63.5 Å². The van der Waals surface area contributed by atoms with Crippen LogP contribution in [0.5, 0.6) is 0 Å². The molecular weight excluding hydrogens is 793 g/mol. The highest BCUT2D eigenvalue weighted by atomic mass is 16.7. The van der Waals surface area contributed by atoms with Gasteiger partial charge in [0.25, 0.3) is 0 Å². The zero-order chi connectivity index (χ0) is 45.1. The van der Waals surface area contributed by atoms with Crippen molar-refractivity contribution in [2.75, 3.05) is 26.4 Å². The van der Waals surface area contributed by atoms with Gasteiger partial charge in [0.2, 0.25) is 23.6 Å². The topological polar surface area (TPSA) is 187 Å². The summed E-state index contributed by atoms with van der Waals surface area (Å²) in [6.07, 6.45) is 2.17. The molecule has 1 aliphatic heterocycles. The van der Waals surface area contributed by atoms with Crippen molar-refractivity contribution in [3.05, 3.63) is 133 Å². The molecule has 0 saturated carbocycles. The third-order valence-corrected chi connectivity index (χ3v) is 10.0. The molecule has 1 aliphatic rings. The fraction of sp³-hybridized carbons (Fsp3) is 0.417. The summed E-state index contributed by atoms with van der Waals surface area (Å²) in [5.41, 5.74) is 1.15. The second-order valence-electron chi connectivity index (χ2n) is 16.4. The number of hydrogen-bond donors (Lipinski definition) is 4. The second kappa shape index (κ2) is 24.4. The Morgan fingerprint density at radius 1 is 0.597 bits per heavy atom. The molecule has 3 aromatic carbocycles. The van der Waals surface area contributed by atoms with Gasteiger partial charge >= 0.3 is 11.9 Å². The first-order valence-corrected chi connectivity index (χ1v) is 20.9. The van der Waals surface area contributed by atoms with E-state index in [2.05, 4.69) is 34.4 Å². The molecule has 14 nitrogen and oxygen atoms in total. The van der Waals surface area contributed by atoms with Gasteiger partial charge in [0.05, 0.1) is 18.6 Å². The average Bonchev–Trinajstić information content (AvgIpc) is 3.27. The molecule has 1 saturated heterocycles. The number of benzene rings is 3. The lowest BCUT2D eigenvalue weighted by molar-refractivity contribution is -0.252. The van der Waals surface area contributed by atoms with Crippen LogP contribution in [0.15, 0.2) is 116 Å². The van der Waals surface area contributed by atoms with Crippen molar-refractivity contribution in [3.8, 4) is 0 Å². The Kier molecular flexibility index (Phi) is 19.1. The molecule has 0 spiro atoms. The number of carbonyl (C=O) groups is 6. The van der Waals surface area contributed by atoms with Gasteiger partial charge in [-0.3, -0.25) is 19.2 Å². The van der Waals surface area contributed by atoms with Crippen molar-refractivity contribution >= 4 is 35.6 Å². The molecule has 4 N–H and O–H groups in total. The molecule has 0 bridgehead atoms. The van der Waals surface area contributed by atoms with Crippen molar-refractivity contribution in [1.29, 1.82) is 0 Å². The van der Waals surface area contributed by atoms with Crippen LogP contribution in [-0.4, -0.2) is 86.2 Å². The standard InChI is InChI=1S/C48H60N4O10/c1-7-41(53)49-37(26-34-18-12-9-13-19-34)43(55)51-39(24-32(3)4)45(57)59-28-48(30-61-47(62-31-48)36-22-16-11-17-23-36)29-60-46(58)40(25-33(5)6)52-44(56)38(50-42(54)8-2)27-35-20-14-10-15-21-35/h7-23,32-33,37-40,47H,1-2,24-31H2,3-6H3,(H,49,53)(H,50,54)(H,51,55)(H,52,56)/t37-,38-,39-,40-/m0/s1. The van der Waals surface area contributed by atoms with Gasteiger partial charge in [0.1, 0.15) is 37.4 Å². The molecule has 1 heterocycles. The van der Waals surface area contributed by atoms with Crippen LogP contribution >= 0.6 is 0 Å². The molecule has 0 radical (unpaired) electrons. The van der Waals surface area contributed by atoms with Crippen molar-refractivity contribution in [1.82, 2.24) is 21.3 Å². The number of rotatable bonds is 23. The van der Waals surface area contributed by atoms with Gasteiger partial charge in [-0.1, -0.05) is 132 Å². The number of ether oxygens (including phenoxy) is 4. The highest BCUT2D eigenvalue weighted by Crippen LogP contribution is 2.33. The Balaban J connectivity index is 1.52. The summed E-state index contributed by atoms with van der Waals surface area (Å²) in [5.74, 6) is -3.84. The van der Waals surface area contributed by atoms with Gasteiger partial charge in [-0.05, 0) is 48.0 Å². The predicted molar refractivity (Wildman–Crippen MR) is 233 cm³/mol. The Morgan fingerprint density at radius 2 is 0.968 bits per heavy atom. The van der Waals surface area contributed by atoms with Gasteiger partial charge < -0.3 is 40.2 Å². The lowest BCUT2D eigenvalue weighted by atomic mass is 9.91. The molecule has 0 aromatic heterocycles. The Labute approximate surface area is 364 Å². The Morgan fingerprint density at radius 3 is 1.32 bits per heavy atom. The molecule has 4 atom stereocenters. The second-order valence-corrected chi connectivity index (χ2v) is 16.4. The van der Waals surface area contributed by atoms with E-state index in [4.69, 9.17) is 18.9 Å². The van der Waals surface area contributed by atoms with Crippen molar-refractivity contribution in [3.63, 3.8) is 0 Å². The molecule has 3 aromatic rings. The first kappa shape index (κ1) is 48.5.